The number of thioether (sulfide) groups is 1. The molecule has 0 aromatic heterocycles. The summed E-state index contributed by atoms with van der Waals surface area (Å²) in [5.74, 6) is 0.181. The predicted molar refractivity (Wildman–Crippen MR) is 43.1 cm³/mol. The molecule has 0 aliphatic carbocycles. The van der Waals surface area contributed by atoms with E-state index in [0.717, 1.165) is 4.90 Å². The van der Waals surface area contributed by atoms with E-state index in [1.165, 1.54) is 23.9 Å². The van der Waals surface area contributed by atoms with Crippen molar-refractivity contribution >= 4 is 11.8 Å². The van der Waals surface area contributed by atoms with Gasteiger partial charge in [0.2, 0.25) is 0 Å². The molecular weight excluding hydrogens is 166 g/mol. The SMILES string of the molecule is FCCSc1ccc(F)cc1. The van der Waals surface area contributed by atoms with Crippen molar-refractivity contribution in [1.29, 1.82) is 0 Å². The van der Waals surface area contributed by atoms with Gasteiger partial charge in [-0.25, -0.2) is 4.39 Å². The summed E-state index contributed by atoms with van der Waals surface area (Å²) in [4.78, 5) is 0.907. The maximum atomic E-state index is 12.3. The van der Waals surface area contributed by atoms with E-state index in [2.05, 4.69) is 0 Å². The number of benzene rings is 1. The fourth-order valence-corrected chi connectivity index (χ4v) is 1.33. The zero-order valence-corrected chi connectivity index (χ0v) is 6.70. The molecule has 11 heavy (non-hydrogen) atoms. The smallest absolute Gasteiger partial charge is 0.123 e. The average molecular weight is 174 g/mol. The summed E-state index contributed by atoms with van der Waals surface area (Å²) in [6, 6.07) is 6.05. The van der Waals surface area contributed by atoms with Crippen LogP contribution in [0.4, 0.5) is 8.78 Å². The van der Waals surface area contributed by atoms with Crippen molar-refractivity contribution in [3.63, 3.8) is 0 Å². The molecule has 0 fully saturated rings. The lowest BCUT2D eigenvalue weighted by Crippen LogP contribution is -1.80. The first-order valence-corrected chi connectivity index (χ1v) is 4.26. The molecular formula is C8H8F2S. The van der Waals surface area contributed by atoms with Crippen LogP contribution in [0.15, 0.2) is 29.2 Å². The fraction of sp³-hybridized carbons (Fsp3) is 0.250. The minimum Gasteiger partial charge on any atom is -0.250 e. The Hall–Kier alpha value is -0.570. The molecule has 0 spiro atoms. The van der Waals surface area contributed by atoms with Crippen LogP contribution in [0.5, 0.6) is 0 Å². The Balaban J connectivity index is 2.52. The van der Waals surface area contributed by atoms with Crippen LogP contribution in [0.3, 0.4) is 0 Å². The third-order valence-electron chi connectivity index (χ3n) is 1.16. The molecule has 1 aromatic carbocycles. The predicted octanol–water partition coefficient (Wildman–Crippen LogP) is 2.89. The standard InChI is InChI=1S/C8H8F2S/c9-5-6-11-8-3-1-7(10)2-4-8/h1-4H,5-6H2. The Kier molecular flexibility index (Phi) is 3.36. The molecule has 0 radical (unpaired) electrons. The molecule has 0 bridgehead atoms. The second-order valence-corrected chi connectivity index (χ2v) is 3.16. The van der Waals surface area contributed by atoms with E-state index in [1.807, 2.05) is 0 Å². The van der Waals surface area contributed by atoms with Gasteiger partial charge in [0.1, 0.15) is 5.82 Å². The zero-order valence-electron chi connectivity index (χ0n) is 5.89. The summed E-state index contributed by atoms with van der Waals surface area (Å²) in [6.07, 6.45) is 0. The van der Waals surface area contributed by atoms with Crippen LogP contribution >= 0.6 is 11.8 Å². The van der Waals surface area contributed by atoms with Crippen molar-refractivity contribution in [2.24, 2.45) is 0 Å². The molecule has 3 heteroatoms. The van der Waals surface area contributed by atoms with Gasteiger partial charge in [0, 0.05) is 10.6 Å². The maximum Gasteiger partial charge on any atom is 0.123 e. The van der Waals surface area contributed by atoms with Crippen LogP contribution in [0.1, 0.15) is 0 Å². The Bertz CT molecular complexity index is 208. The minimum atomic E-state index is -0.345. The van der Waals surface area contributed by atoms with Gasteiger partial charge in [-0.2, -0.15) is 0 Å². The number of rotatable bonds is 3. The van der Waals surface area contributed by atoms with Gasteiger partial charge in [0.15, 0.2) is 0 Å². The highest BCUT2D eigenvalue weighted by atomic mass is 32.2. The van der Waals surface area contributed by atoms with Gasteiger partial charge >= 0.3 is 0 Å². The summed E-state index contributed by atoms with van der Waals surface area (Å²) in [5.41, 5.74) is 0. The van der Waals surface area contributed by atoms with Crippen LogP contribution in [0.2, 0.25) is 0 Å². The lowest BCUT2D eigenvalue weighted by Gasteiger charge is -1.96. The van der Waals surface area contributed by atoms with E-state index < -0.39 is 0 Å². The summed E-state index contributed by atoms with van der Waals surface area (Å²) < 4.78 is 24.0. The summed E-state index contributed by atoms with van der Waals surface area (Å²) >= 11 is 1.39. The van der Waals surface area contributed by atoms with Crippen molar-refractivity contribution in [2.75, 3.05) is 12.4 Å². The van der Waals surface area contributed by atoms with Gasteiger partial charge in [-0.1, -0.05) is 0 Å². The molecule has 1 aromatic rings. The van der Waals surface area contributed by atoms with Crippen LogP contribution in [0, 0.1) is 5.82 Å². The van der Waals surface area contributed by atoms with E-state index in [1.54, 1.807) is 12.1 Å². The van der Waals surface area contributed by atoms with E-state index in [0.29, 0.717) is 5.75 Å². The largest absolute Gasteiger partial charge is 0.250 e. The van der Waals surface area contributed by atoms with Crippen molar-refractivity contribution in [1.82, 2.24) is 0 Å². The minimum absolute atomic E-state index is 0.255. The molecule has 0 saturated carbocycles. The number of hydrogen-bond donors (Lipinski definition) is 0. The van der Waals surface area contributed by atoms with Crippen LogP contribution in [-0.2, 0) is 0 Å². The molecule has 0 nitrogen and oxygen atoms in total. The molecule has 0 heterocycles. The number of alkyl halides is 1. The van der Waals surface area contributed by atoms with E-state index in [-0.39, 0.29) is 12.5 Å². The summed E-state index contributed by atoms with van der Waals surface area (Å²) in [5, 5.41) is 0. The van der Waals surface area contributed by atoms with E-state index in [9.17, 15) is 8.78 Å². The van der Waals surface area contributed by atoms with Crippen LogP contribution in [0.25, 0.3) is 0 Å². The molecule has 60 valence electrons. The normalized spacial score (nSPS) is 10.0. The summed E-state index contributed by atoms with van der Waals surface area (Å²) in [7, 11) is 0. The molecule has 0 aliphatic rings. The molecule has 0 unspecified atom stereocenters. The molecule has 0 saturated heterocycles. The first-order valence-electron chi connectivity index (χ1n) is 3.27. The molecule has 1 rings (SSSR count). The number of hydrogen-bond acceptors (Lipinski definition) is 1. The van der Waals surface area contributed by atoms with Crippen molar-refractivity contribution in [3.8, 4) is 0 Å². The monoisotopic (exact) mass is 174 g/mol. The highest BCUT2D eigenvalue weighted by molar-refractivity contribution is 7.99. The second-order valence-electron chi connectivity index (χ2n) is 1.99. The molecule has 0 N–H and O–H groups in total. The summed E-state index contributed by atoms with van der Waals surface area (Å²) in [6.45, 7) is -0.345. The first kappa shape index (κ1) is 8.53. The zero-order chi connectivity index (χ0) is 8.10. The highest BCUT2D eigenvalue weighted by Crippen LogP contribution is 2.17. The second kappa shape index (κ2) is 4.34. The topological polar surface area (TPSA) is 0 Å². The molecule has 0 atom stereocenters. The average Bonchev–Trinajstić information content (AvgIpc) is 2.04. The van der Waals surface area contributed by atoms with Gasteiger partial charge < -0.3 is 0 Å². The van der Waals surface area contributed by atoms with Gasteiger partial charge in [-0.15, -0.1) is 11.8 Å². The quantitative estimate of drug-likeness (QED) is 0.635. The third kappa shape index (κ3) is 2.89. The fourth-order valence-electron chi connectivity index (χ4n) is 0.687. The van der Waals surface area contributed by atoms with Crippen molar-refractivity contribution in [3.05, 3.63) is 30.1 Å². The highest BCUT2D eigenvalue weighted by Gasteiger charge is 1.93. The lowest BCUT2D eigenvalue weighted by molar-refractivity contribution is 0.533. The number of halogens is 2. The third-order valence-corrected chi connectivity index (χ3v) is 2.12. The van der Waals surface area contributed by atoms with Crippen LogP contribution < -0.4 is 0 Å². The maximum absolute atomic E-state index is 12.3. The van der Waals surface area contributed by atoms with E-state index >= 15 is 0 Å². The Labute approximate surface area is 68.6 Å². The Morgan fingerprint density at radius 2 is 1.82 bits per heavy atom. The Morgan fingerprint density at radius 1 is 1.18 bits per heavy atom. The van der Waals surface area contributed by atoms with Crippen molar-refractivity contribution in [2.45, 2.75) is 4.90 Å². The van der Waals surface area contributed by atoms with Crippen molar-refractivity contribution < 1.29 is 8.78 Å². The molecule has 0 amide bonds. The first-order chi connectivity index (χ1) is 5.33. The molecule has 0 aliphatic heterocycles. The van der Waals surface area contributed by atoms with Gasteiger partial charge in [-0.3, -0.25) is 4.39 Å². The van der Waals surface area contributed by atoms with Gasteiger partial charge in [-0.05, 0) is 24.3 Å². The van der Waals surface area contributed by atoms with Gasteiger partial charge in [0.05, 0.1) is 6.67 Å². The van der Waals surface area contributed by atoms with Crippen LogP contribution in [-0.4, -0.2) is 12.4 Å². The Morgan fingerprint density at radius 3 is 2.36 bits per heavy atom. The van der Waals surface area contributed by atoms with E-state index in [4.69, 9.17) is 0 Å². The van der Waals surface area contributed by atoms with Gasteiger partial charge in [0.25, 0.3) is 0 Å². The lowest BCUT2D eigenvalue weighted by atomic mass is 10.4.